The topological polar surface area (TPSA) is 96.3 Å². The maximum absolute atomic E-state index is 12.7. The molecule has 176 valence electrons. The molecule has 0 atom stereocenters. The van der Waals surface area contributed by atoms with Crippen molar-refractivity contribution in [3.05, 3.63) is 71.9 Å². The summed E-state index contributed by atoms with van der Waals surface area (Å²) in [5.74, 6) is 1.53. The number of amides is 2. The maximum Gasteiger partial charge on any atom is 0.323 e. The van der Waals surface area contributed by atoms with Crippen LogP contribution in [0.1, 0.15) is 52.7 Å². The lowest BCUT2D eigenvalue weighted by Gasteiger charge is -2.23. The van der Waals surface area contributed by atoms with Crippen molar-refractivity contribution in [2.75, 3.05) is 10.6 Å². The predicted molar refractivity (Wildman–Crippen MR) is 134 cm³/mol. The minimum Gasteiger partial charge on any atom is -0.488 e. The van der Waals surface area contributed by atoms with Gasteiger partial charge in [-0.1, -0.05) is 39.0 Å². The van der Waals surface area contributed by atoms with Crippen LogP contribution < -0.4 is 20.1 Å². The summed E-state index contributed by atoms with van der Waals surface area (Å²) in [6, 6.07) is 17.8. The average molecular weight is 459 g/mol. The molecular formula is C27H30N4O3. The molecule has 2 N–H and O–H groups in total. The zero-order valence-electron chi connectivity index (χ0n) is 20.4. The number of nitrogens with zero attached hydrogens (tertiary/aromatic N) is 2. The standard InChI is InChI=1S/C27H30N4O3/c1-26(2,3)21-9-7-8-10-23(21)33-24-22(15-18(16-28)17-29-24)31-25(32)30-19-11-13-20(14-12-19)34-27(4,5)6/h7-15,17H,1-6H3,(H2,30,31,32). The Kier molecular flexibility index (Phi) is 7.11. The number of aromatic nitrogens is 1. The van der Waals surface area contributed by atoms with Crippen molar-refractivity contribution in [1.82, 2.24) is 4.98 Å². The van der Waals surface area contributed by atoms with E-state index >= 15 is 0 Å². The molecule has 1 aromatic heterocycles. The molecule has 0 bridgehead atoms. The van der Waals surface area contributed by atoms with E-state index in [1.807, 2.05) is 51.1 Å². The van der Waals surface area contributed by atoms with Crippen molar-refractivity contribution in [2.45, 2.75) is 52.6 Å². The molecule has 0 aliphatic carbocycles. The Morgan fingerprint density at radius 1 is 0.971 bits per heavy atom. The Labute approximate surface area is 200 Å². The summed E-state index contributed by atoms with van der Waals surface area (Å²) in [5, 5.41) is 14.8. The molecule has 0 aliphatic heterocycles. The smallest absolute Gasteiger partial charge is 0.323 e. The summed E-state index contributed by atoms with van der Waals surface area (Å²) in [6.45, 7) is 12.2. The highest BCUT2D eigenvalue weighted by atomic mass is 16.5. The number of ether oxygens (including phenoxy) is 2. The molecule has 2 amide bonds. The van der Waals surface area contributed by atoms with Gasteiger partial charge in [-0.3, -0.25) is 0 Å². The van der Waals surface area contributed by atoms with Gasteiger partial charge < -0.3 is 20.1 Å². The summed E-state index contributed by atoms with van der Waals surface area (Å²) in [5.41, 5.74) is 1.70. The van der Waals surface area contributed by atoms with Crippen LogP contribution in [0.15, 0.2) is 60.8 Å². The van der Waals surface area contributed by atoms with E-state index in [0.29, 0.717) is 22.7 Å². The molecule has 0 unspecified atom stereocenters. The normalized spacial score (nSPS) is 11.3. The van der Waals surface area contributed by atoms with Crippen LogP contribution in [-0.2, 0) is 5.41 Å². The zero-order valence-corrected chi connectivity index (χ0v) is 20.4. The lowest BCUT2D eigenvalue weighted by atomic mass is 9.86. The third-order valence-electron chi connectivity index (χ3n) is 4.67. The quantitative estimate of drug-likeness (QED) is 0.435. The first kappa shape index (κ1) is 24.6. The number of carbonyl (C=O) groups excluding carboxylic acids is 1. The molecule has 1 heterocycles. The van der Waals surface area contributed by atoms with Crippen molar-refractivity contribution >= 4 is 17.4 Å². The molecule has 7 nitrogen and oxygen atoms in total. The van der Waals surface area contributed by atoms with E-state index in [-0.39, 0.29) is 22.6 Å². The van der Waals surface area contributed by atoms with Gasteiger partial charge in [0.1, 0.15) is 28.9 Å². The molecule has 0 saturated heterocycles. The number of urea groups is 1. The number of pyridine rings is 1. The van der Waals surface area contributed by atoms with E-state index in [1.165, 1.54) is 12.3 Å². The Hall–Kier alpha value is -4.05. The van der Waals surface area contributed by atoms with Crippen molar-refractivity contribution in [3.63, 3.8) is 0 Å². The van der Waals surface area contributed by atoms with Crippen LogP contribution in [0.3, 0.4) is 0 Å². The monoisotopic (exact) mass is 458 g/mol. The number of rotatable bonds is 5. The Bertz CT molecular complexity index is 1200. The fraction of sp³-hybridized carbons (Fsp3) is 0.296. The molecule has 3 aromatic rings. The Morgan fingerprint density at radius 3 is 2.26 bits per heavy atom. The third kappa shape index (κ3) is 6.72. The van der Waals surface area contributed by atoms with Crippen molar-refractivity contribution in [1.29, 1.82) is 5.26 Å². The van der Waals surface area contributed by atoms with Gasteiger partial charge in [-0.2, -0.15) is 5.26 Å². The highest BCUT2D eigenvalue weighted by molar-refractivity contribution is 6.00. The van der Waals surface area contributed by atoms with Crippen LogP contribution in [0.5, 0.6) is 17.4 Å². The van der Waals surface area contributed by atoms with Crippen molar-refractivity contribution < 1.29 is 14.3 Å². The maximum atomic E-state index is 12.7. The van der Waals surface area contributed by atoms with Gasteiger partial charge in [-0.25, -0.2) is 9.78 Å². The van der Waals surface area contributed by atoms with Crippen molar-refractivity contribution in [3.8, 4) is 23.4 Å². The highest BCUT2D eigenvalue weighted by Crippen LogP contribution is 2.36. The second-order valence-electron chi connectivity index (χ2n) is 9.85. The summed E-state index contributed by atoms with van der Waals surface area (Å²) in [4.78, 5) is 17.0. The number of hydrogen-bond donors (Lipinski definition) is 2. The number of hydrogen-bond acceptors (Lipinski definition) is 5. The number of carbonyl (C=O) groups is 1. The number of nitriles is 1. The Balaban J connectivity index is 1.80. The average Bonchev–Trinajstić information content (AvgIpc) is 2.75. The van der Waals surface area contributed by atoms with Crippen LogP contribution in [0, 0.1) is 11.3 Å². The minimum atomic E-state index is -0.490. The molecule has 0 radical (unpaired) electrons. The fourth-order valence-electron chi connectivity index (χ4n) is 3.21. The summed E-state index contributed by atoms with van der Waals surface area (Å²) in [6.07, 6.45) is 1.41. The van der Waals surface area contributed by atoms with Gasteiger partial charge in [0, 0.05) is 17.4 Å². The summed E-state index contributed by atoms with van der Waals surface area (Å²) < 4.78 is 11.9. The second-order valence-corrected chi connectivity index (χ2v) is 9.85. The lowest BCUT2D eigenvalue weighted by Crippen LogP contribution is -2.23. The van der Waals surface area contributed by atoms with Gasteiger partial charge in [-0.15, -0.1) is 0 Å². The highest BCUT2D eigenvalue weighted by Gasteiger charge is 2.20. The van der Waals surface area contributed by atoms with E-state index in [0.717, 1.165) is 5.56 Å². The third-order valence-corrected chi connectivity index (χ3v) is 4.67. The van der Waals surface area contributed by atoms with Crippen molar-refractivity contribution in [2.24, 2.45) is 0 Å². The van der Waals surface area contributed by atoms with E-state index in [2.05, 4.69) is 36.4 Å². The predicted octanol–water partition coefficient (Wildman–Crippen LogP) is 6.86. The Morgan fingerprint density at radius 2 is 1.65 bits per heavy atom. The number of nitrogens with one attached hydrogen (secondary N) is 2. The molecule has 3 rings (SSSR count). The first-order valence-electron chi connectivity index (χ1n) is 11.0. The number of anilines is 2. The van der Waals surface area contributed by atoms with Crippen LogP contribution in [0.25, 0.3) is 0 Å². The SMILES string of the molecule is CC(C)(C)Oc1ccc(NC(=O)Nc2cc(C#N)cnc2Oc2ccccc2C(C)(C)C)cc1. The summed E-state index contributed by atoms with van der Waals surface area (Å²) in [7, 11) is 0. The van der Waals surface area contributed by atoms with Gasteiger partial charge in [0.2, 0.25) is 5.88 Å². The van der Waals surface area contributed by atoms with Gasteiger partial charge >= 0.3 is 6.03 Å². The molecule has 0 fully saturated rings. The van der Waals surface area contributed by atoms with Gasteiger partial charge in [0.05, 0.1) is 5.56 Å². The van der Waals surface area contributed by atoms with Gasteiger partial charge in [0.15, 0.2) is 0 Å². The van der Waals surface area contributed by atoms with Crippen LogP contribution in [0.2, 0.25) is 0 Å². The van der Waals surface area contributed by atoms with E-state index in [1.54, 1.807) is 24.3 Å². The van der Waals surface area contributed by atoms with Crippen LogP contribution in [-0.4, -0.2) is 16.6 Å². The molecular weight excluding hydrogens is 428 g/mol. The first-order valence-corrected chi connectivity index (χ1v) is 11.0. The minimum absolute atomic E-state index is 0.156. The molecule has 34 heavy (non-hydrogen) atoms. The number of para-hydroxylation sites is 1. The first-order chi connectivity index (χ1) is 15.9. The van der Waals surface area contributed by atoms with Crippen LogP contribution in [0.4, 0.5) is 16.2 Å². The van der Waals surface area contributed by atoms with E-state index < -0.39 is 6.03 Å². The van der Waals surface area contributed by atoms with Gasteiger partial charge in [0.25, 0.3) is 0 Å². The largest absolute Gasteiger partial charge is 0.488 e. The zero-order chi connectivity index (χ0) is 24.9. The van der Waals surface area contributed by atoms with Gasteiger partial charge in [-0.05, 0) is 62.6 Å². The fourth-order valence-corrected chi connectivity index (χ4v) is 3.21. The molecule has 7 heteroatoms. The molecule has 0 saturated carbocycles. The number of benzene rings is 2. The summed E-state index contributed by atoms with van der Waals surface area (Å²) >= 11 is 0. The second kappa shape index (κ2) is 9.84. The molecule has 2 aromatic carbocycles. The molecule has 0 aliphatic rings. The molecule has 0 spiro atoms. The lowest BCUT2D eigenvalue weighted by molar-refractivity contribution is 0.131. The van der Waals surface area contributed by atoms with E-state index in [9.17, 15) is 10.1 Å². The van der Waals surface area contributed by atoms with E-state index in [4.69, 9.17) is 9.47 Å². The van der Waals surface area contributed by atoms with Crippen LogP contribution >= 0.6 is 0 Å².